The van der Waals surface area contributed by atoms with Gasteiger partial charge in [-0.1, -0.05) is 0 Å². The van der Waals surface area contributed by atoms with Crippen LogP contribution in [0.15, 0.2) is 0 Å². The third-order valence-electron chi connectivity index (χ3n) is 3.08. The van der Waals surface area contributed by atoms with Crippen LogP contribution in [0.3, 0.4) is 0 Å². The van der Waals surface area contributed by atoms with Gasteiger partial charge in [-0.3, -0.25) is 4.79 Å². The van der Waals surface area contributed by atoms with Crippen LogP contribution >= 0.6 is 23.4 Å². The fourth-order valence-electron chi connectivity index (χ4n) is 1.99. The van der Waals surface area contributed by atoms with E-state index >= 15 is 0 Å². The maximum Gasteiger partial charge on any atom is 0.222 e. The van der Waals surface area contributed by atoms with Gasteiger partial charge in [0.05, 0.1) is 6.61 Å². The van der Waals surface area contributed by atoms with E-state index in [-0.39, 0.29) is 5.91 Å². The summed E-state index contributed by atoms with van der Waals surface area (Å²) in [5, 5.41) is 0. The molecule has 0 saturated carbocycles. The molecule has 0 atom stereocenters. The Bertz CT molecular complexity index is 223. The van der Waals surface area contributed by atoms with Crippen molar-refractivity contribution >= 4 is 29.3 Å². The van der Waals surface area contributed by atoms with E-state index in [0.717, 1.165) is 0 Å². The molecule has 3 nitrogen and oxygen atoms in total. The minimum atomic E-state index is 0.236. The molecular weight excluding hydrogens is 258 g/mol. The van der Waals surface area contributed by atoms with E-state index in [9.17, 15) is 4.79 Å². The summed E-state index contributed by atoms with van der Waals surface area (Å²) in [7, 11) is 1.65. The van der Waals surface area contributed by atoms with Gasteiger partial charge >= 0.3 is 0 Å². The van der Waals surface area contributed by atoms with Gasteiger partial charge in [-0.25, -0.2) is 0 Å². The molecule has 1 amide bonds. The summed E-state index contributed by atoms with van der Waals surface area (Å²) < 4.78 is 5.02. The quantitative estimate of drug-likeness (QED) is 0.670. The minimum Gasteiger partial charge on any atom is -0.383 e. The second-order valence-electron chi connectivity index (χ2n) is 4.32. The molecule has 0 unspecified atom stereocenters. The summed E-state index contributed by atoms with van der Waals surface area (Å²) >= 11 is 7.72. The molecule has 0 spiro atoms. The number of carbonyl (C=O) groups is 1. The molecule has 0 bridgehead atoms. The average Bonchev–Trinajstić information content (AvgIpc) is 2.35. The lowest BCUT2D eigenvalue weighted by atomic mass is 9.98. The largest absolute Gasteiger partial charge is 0.383 e. The van der Waals surface area contributed by atoms with Gasteiger partial charge in [0.15, 0.2) is 0 Å². The summed E-state index contributed by atoms with van der Waals surface area (Å²) in [5.41, 5.74) is 0. The molecule has 1 heterocycles. The highest BCUT2D eigenvalue weighted by Crippen LogP contribution is 2.25. The van der Waals surface area contributed by atoms with Crippen molar-refractivity contribution in [2.75, 3.05) is 44.2 Å². The predicted molar refractivity (Wildman–Crippen MR) is 73.8 cm³/mol. The second-order valence-corrected chi connectivity index (χ2v) is 5.93. The standard InChI is InChI=1S/C12H22ClNO2S/c1-16-7-6-14(5-4-13)12(15)10-11-2-8-17-9-3-11/h11H,2-10H2,1H3. The second kappa shape index (κ2) is 9.06. The first kappa shape index (κ1) is 15.1. The molecular formula is C12H22ClNO2S. The van der Waals surface area contributed by atoms with Crippen molar-refractivity contribution in [2.45, 2.75) is 19.3 Å². The van der Waals surface area contributed by atoms with E-state index in [1.54, 1.807) is 7.11 Å². The molecule has 1 aliphatic rings. The van der Waals surface area contributed by atoms with Crippen LogP contribution in [0.25, 0.3) is 0 Å². The van der Waals surface area contributed by atoms with Gasteiger partial charge in [-0.2, -0.15) is 11.8 Å². The van der Waals surface area contributed by atoms with Crippen LogP contribution in [-0.4, -0.2) is 55.0 Å². The van der Waals surface area contributed by atoms with E-state index in [2.05, 4.69) is 0 Å². The first-order valence-corrected chi connectivity index (χ1v) is 7.87. The average molecular weight is 280 g/mol. The number of hydrogen-bond donors (Lipinski definition) is 0. The molecule has 5 heteroatoms. The molecule has 1 saturated heterocycles. The summed E-state index contributed by atoms with van der Waals surface area (Å²) in [4.78, 5) is 13.9. The summed E-state index contributed by atoms with van der Waals surface area (Å²) in [5.74, 6) is 3.70. The molecule has 0 N–H and O–H groups in total. The summed E-state index contributed by atoms with van der Waals surface area (Å²) in [6.07, 6.45) is 3.03. The molecule has 1 fully saturated rings. The number of hydrogen-bond acceptors (Lipinski definition) is 3. The Kier molecular flexibility index (Phi) is 8.06. The first-order valence-electron chi connectivity index (χ1n) is 6.18. The van der Waals surface area contributed by atoms with Crippen LogP contribution < -0.4 is 0 Å². The number of carbonyl (C=O) groups excluding carboxylic acids is 1. The zero-order valence-electron chi connectivity index (χ0n) is 10.5. The van der Waals surface area contributed by atoms with Gasteiger partial charge in [0.25, 0.3) is 0 Å². The lowest BCUT2D eigenvalue weighted by Gasteiger charge is -2.26. The fourth-order valence-corrected chi connectivity index (χ4v) is 3.40. The molecule has 17 heavy (non-hydrogen) atoms. The highest BCUT2D eigenvalue weighted by molar-refractivity contribution is 7.99. The highest BCUT2D eigenvalue weighted by Gasteiger charge is 2.20. The highest BCUT2D eigenvalue weighted by atomic mass is 35.5. The van der Waals surface area contributed by atoms with Gasteiger partial charge in [0, 0.05) is 32.5 Å². The molecule has 1 rings (SSSR count). The lowest BCUT2D eigenvalue weighted by molar-refractivity contribution is -0.132. The number of alkyl halides is 1. The normalized spacial score (nSPS) is 17.1. The van der Waals surface area contributed by atoms with Crippen molar-refractivity contribution in [2.24, 2.45) is 5.92 Å². The Morgan fingerprint density at radius 1 is 1.41 bits per heavy atom. The number of halogens is 1. The molecule has 0 aromatic carbocycles. The molecule has 100 valence electrons. The van der Waals surface area contributed by atoms with Crippen LogP contribution in [0.4, 0.5) is 0 Å². The zero-order chi connectivity index (χ0) is 12.5. The Hall–Kier alpha value is 0.0700. The molecule has 1 aliphatic heterocycles. The number of amides is 1. The van der Waals surface area contributed by atoms with E-state index in [1.165, 1.54) is 24.3 Å². The predicted octanol–water partition coefficient (Wildman–Crippen LogP) is 2.23. The fraction of sp³-hybridized carbons (Fsp3) is 0.917. The maximum atomic E-state index is 12.1. The van der Waals surface area contributed by atoms with Gasteiger partial charge in [-0.15, -0.1) is 11.6 Å². The lowest BCUT2D eigenvalue weighted by Crippen LogP contribution is -2.36. The monoisotopic (exact) mass is 279 g/mol. The van der Waals surface area contributed by atoms with Gasteiger partial charge < -0.3 is 9.64 Å². The van der Waals surface area contributed by atoms with Crippen molar-refractivity contribution in [3.05, 3.63) is 0 Å². The molecule has 0 aromatic heterocycles. The van der Waals surface area contributed by atoms with Crippen LogP contribution in [0.1, 0.15) is 19.3 Å². The number of thioether (sulfide) groups is 1. The number of nitrogens with zero attached hydrogens (tertiary/aromatic N) is 1. The van der Waals surface area contributed by atoms with Crippen LogP contribution in [0.5, 0.6) is 0 Å². The number of ether oxygens (including phenoxy) is 1. The third-order valence-corrected chi connectivity index (χ3v) is 4.29. The van der Waals surface area contributed by atoms with E-state index in [4.69, 9.17) is 16.3 Å². The molecule has 0 aliphatic carbocycles. The summed E-state index contributed by atoms with van der Waals surface area (Å²) in [6.45, 7) is 1.87. The Morgan fingerprint density at radius 3 is 2.71 bits per heavy atom. The van der Waals surface area contributed by atoms with E-state index < -0.39 is 0 Å². The number of methoxy groups -OCH3 is 1. The smallest absolute Gasteiger partial charge is 0.222 e. The van der Waals surface area contributed by atoms with Crippen molar-refractivity contribution in [3.63, 3.8) is 0 Å². The molecule has 0 aromatic rings. The van der Waals surface area contributed by atoms with Crippen LogP contribution in [0, 0.1) is 5.92 Å². The van der Waals surface area contributed by atoms with Gasteiger partial charge in [0.1, 0.15) is 0 Å². The summed E-state index contributed by atoms with van der Waals surface area (Å²) in [6, 6.07) is 0. The van der Waals surface area contributed by atoms with Crippen molar-refractivity contribution in [1.82, 2.24) is 4.90 Å². The van der Waals surface area contributed by atoms with E-state index in [1.807, 2.05) is 16.7 Å². The molecule has 0 radical (unpaired) electrons. The SMILES string of the molecule is COCCN(CCCl)C(=O)CC1CCSCC1. The minimum absolute atomic E-state index is 0.236. The maximum absolute atomic E-state index is 12.1. The van der Waals surface area contributed by atoms with Gasteiger partial charge in [0.2, 0.25) is 5.91 Å². The first-order chi connectivity index (χ1) is 8.27. The third kappa shape index (κ3) is 5.98. The Morgan fingerprint density at radius 2 is 2.12 bits per heavy atom. The van der Waals surface area contributed by atoms with Crippen molar-refractivity contribution in [3.8, 4) is 0 Å². The van der Waals surface area contributed by atoms with Gasteiger partial charge in [-0.05, 0) is 30.3 Å². The zero-order valence-corrected chi connectivity index (χ0v) is 12.1. The topological polar surface area (TPSA) is 29.5 Å². The van der Waals surface area contributed by atoms with Crippen LogP contribution in [-0.2, 0) is 9.53 Å². The van der Waals surface area contributed by atoms with Crippen molar-refractivity contribution in [1.29, 1.82) is 0 Å². The Balaban J connectivity index is 2.34. The van der Waals surface area contributed by atoms with E-state index in [0.29, 0.717) is 37.9 Å². The Labute approximate surface area is 113 Å². The number of rotatable bonds is 7. The van der Waals surface area contributed by atoms with Crippen molar-refractivity contribution < 1.29 is 9.53 Å². The van der Waals surface area contributed by atoms with Crippen LogP contribution in [0.2, 0.25) is 0 Å².